The highest BCUT2D eigenvalue weighted by Crippen LogP contribution is 2.19. The number of aliphatic hydroxyl groups excluding tert-OH is 2. The summed E-state index contributed by atoms with van der Waals surface area (Å²) in [5.41, 5.74) is 1.32. The molecule has 0 spiro atoms. The van der Waals surface area contributed by atoms with Crippen molar-refractivity contribution in [2.45, 2.75) is 57.2 Å². The molecular formula is C18H28O4. The van der Waals surface area contributed by atoms with Gasteiger partial charge in [0, 0.05) is 6.61 Å². The normalized spacial score (nSPS) is 19.8. The van der Waals surface area contributed by atoms with E-state index >= 15 is 0 Å². The summed E-state index contributed by atoms with van der Waals surface area (Å²) in [6, 6.07) is 8.22. The molecule has 22 heavy (non-hydrogen) atoms. The van der Waals surface area contributed by atoms with E-state index in [2.05, 4.69) is 12.1 Å². The first-order valence-corrected chi connectivity index (χ1v) is 8.40. The molecule has 1 aliphatic rings. The van der Waals surface area contributed by atoms with E-state index in [-0.39, 0.29) is 6.61 Å². The monoisotopic (exact) mass is 308 g/mol. The highest BCUT2D eigenvalue weighted by molar-refractivity contribution is 5.27. The summed E-state index contributed by atoms with van der Waals surface area (Å²) < 4.78 is 11.4. The van der Waals surface area contributed by atoms with Gasteiger partial charge in [0.05, 0.1) is 25.4 Å². The molecule has 1 aromatic carbocycles. The Morgan fingerprint density at radius 1 is 1.23 bits per heavy atom. The molecule has 2 atom stereocenters. The van der Waals surface area contributed by atoms with Crippen LogP contribution in [-0.4, -0.2) is 42.2 Å². The van der Waals surface area contributed by atoms with Gasteiger partial charge in [-0.15, -0.1) is 0 Å². The molecule has 0 aromatic heterocycles. The maximum atomic E-state index is 9.24. The summed E-state index contributed by atoms with van der Waals surface area (Å²) in [6.07, 6.45) is 6.95. The van der Waals surface area contributed by atoms with Crippen LogP contribution >= 0.6 is 0 Å². The SMILES string of the molecule is OCC(O)CCCOc1ccc(CCC2CCCCO2)cc1. The molecule has 1 fully saturated rings. The number of ether oxygens (including phenoxy) is 2. The minimum absolute atomic E-state index is 0.181. The van der Waals surface area contributed by atoms with Crippen molar-refractivity contribution in [2.24, 2.45) is 0 Å². The molecular weight excluding hydrogens is 280 g/mol. The Labute approximate surface area is 133 Å². The number of aryl methyl sites for hydroxylation is 1. The zero-order valence-electron chi connectivity index (χ0n) is 13.2. The molecule has 4 nitrogen and oxygen atoms in total. The van der Waals surface area contributed by atoms with Crippen molar-refractivity contribution >= 4 is 0 Å². The van der Waals surface area contributed by atoms with Crippen molar-refractivity contribution in [1.82, 2.24) is 0 Å². The van der Waals surface area contributed by atoms with Crippen LogP contribution in [0.15, 0.2) is 24.3 Å². The Kier molecular flexibility index (Phi) is 7.71. The maximum absolute atomic E-state index is 9.24. The van der Waals surface area contributed by atoms with E-state index in [1.54, 1.807) is 0 Å². The fourth-order valence-corrected chi connectivity index (χ4v) is 2.72. The van der Waals surface area contributed by atoms with Crippen molar-refractivity contribution < 1.29 is 19.7 Å². The predicted molar refractivity (Wildman–Crippen MR) is 86.2 cm³/mol. The second-order valence-corrected chi connectivity index (χ2v) is 6.00. The highest BCUT2D eigenvalue weighted by Gasteiger charge is 2.13. The lowest BCUT2D eigenvalue weighted by Gasteiger charge is -2.22. The zero-order chi connectivity index (χ0) is 15.6. The van der Waals surface area contributed by atoms with Crippen molar-refractivity contribution in [1.29, 1.82) is 0 Å². The Balaban J connectivity index is 1.64. The van der Waals surface area contributed by atoms with E-state index in [9.17, 15) is 5.11 Å². The molecule has 1 aromatic rings. The Hall–Kier alpha value is -1.10. The van der Waals surface area contributed by atoms with Gasteiger partial charge in [0.15, 0.2) is 0 Å². The van der Waals surface area contributed by atoms with Gasteiger partial charge >= 0.3 is 0 Å². The van der Waals surface area contributed by atoms with Crippen molar-refractivity contribution in [3.05, 3.63) is 29.8 Å². The van der Waals surface area contributed by atoms with Gasteiger partial charge in [-0.05, 0) is 62.6 Å². The molecule has 1 aliphatic heterocycles. The van der Waals surface area contributed by atoms with Gasteiger partial charge in [-0.2, -0.15) is 0 Å². The van der Waals surface area contributed by atoms with Crippen LogP contribution < -0.4 is 4.74 Å². The lowest BCUT2D eigenvalue weighted by molar-refractivity contribution is 0.0115. The average molecular weight is 308 g/mol. The summed E-state index contributed by atoms with van der Waals surface area (Å²) in [5, 5.41) is 18.0. The summed E-state index contributed by atoms with van der Waals surface area (Å²) in [6.45, 7) is 1.30. The average Bonchev–Trinajstić information content (AvgIpc) is 2.58. The molecule has 2 rings (SSSR count). The Morgan fingerprint density at radius 2 is 2.05 bits per heavy atom. The molecule has 0 aliphatic carbocycles. The smallest absolute Gasteiger partial charge is 0.119 e. The van der Waals surface area contributed by atoms with E-state index in [4.69, 9.17) is 14.6 Å². The van der Waals surface area contributed by atoms with Gasteiger partial charge in [0.2, 0.25) is 0 Å². The van der Waals surface area contributed by atoms with Gasteiger partial charge in [0.1, 0.15) is 5.75 Å². The lowest BCUT2D eigenvalue weighted by Crippen LogP contribution is -2.19. The maximum Gasteiger partial charge on any atom is 0.119 e. The molecule has 0 bridgehead atoms. The molecule has 1 saturated heterocycles. The third kappa shape index (κ3) is 6.34. The Morgan fingerprint density at radius 3 is 2.73 bits per heavy atom. The number of hydrogen-bond donors (Lipinski definition) is 2. The van der Waals surface area contributed by atoms with E-state index in [1.807, 2.05) is 12.1 Å². The molecule has 2 N–H and O–H groups in total. The quantitative estimate of drug-likeness (QED) is 0.689. The fraction of sp³-hybridized carbons (Fsp3) is 0.667. The van der Waals surface area contributed by atoms with Gasteiger partial charge in [-0.25, -0.2) is 0 Å². The first-order chi connectivity index (χ1) is 10.8. The molecule has 0 amide bonds. The van der Waals surface area contributed by atoms with Gasteiger partial charge in [-0.3, -0.25) is 0 Å². The van der Waals surface area contributed by atoms with Crippen LogP contribution in [0.1, 0.15) is 44.1 Å². The van der Waals surface area contributed by atoms with Crippen LogP contribution in [0.4, 0.5) is 0 Å². The van der Waals surface area contributed by atoms with Crippen LogP contribution in [0.3, 0.4) is 0 Å². The predicted octanol–water partition coefficient (Wildman–Crippen LogP) is 2.70. The van der Waals surface area contributed by atoms with Crippen molar-refractivity contribution in [3.8, 4) is 5.75 Å². The molecule has 124 valence electrons. The number of rotatable bonds is 9. The summed E-state index contributed by atoms with van der Waals surface area (Å²) in [5.74, 6) is 0.858. The van der Waals surface area contributed by atoms with E-state index in [0.717, 1.165) is 31.6 Å². The van der Waals surface area contributed by atoms with Crippen LogP contribution in [0.25, 0.3) is 0 Å². The third-order valence-electron chi connectivity index (χ3n) is 4.11. The van der Waals surface area contributed by atoms with Crippen LogP contribution in [0.5, 0.6) is 5.75 Å². The van der Waals surface area contributed by atoms with Crippen molar-refractivity contribution in [2.75, 3.05) is 19.8 Å². The second-order valence-electron chi connectivity index (χ2n) is 6.00. The number of benzene rings is 1. The number of hydrogen-bond acceptors (Lipinski definition) is 4. The largest absolute Gasteiger partial charge is 0.494 e. The van der Waals surface area contributed by atoms with Gasteiger partial charge < -0.3 is 19.7 Å². The second kappa shape index (κ2) is 9.82. The van der Waals surface area contributed by atoms with Crippen LogP contribution in [0.2, 0.25) is 0 Å². The fourth-order valence-electron chi connectivity index (χ4n) is 2.72. The van der Waals surface area contributed by atoms with E-state index < -0.39 is 6.10 Å². The highest BCUT2D eigenvalue weighted by atomic mass is 16.5. The molecule has 4 heteroatoms. The van der Waals surface area contributed by atoms with E-state index in [1.165, 1.54) is 24.8 Å². The lowest BCUT2D eigenvalue weighted by atomic mass is 10.0. The molecule has 0 radical (unpaired) electrons. The molecule has 1 heterocycles. The van der Waals surface area contributed by atoms with Gasteiger partial charge in [0.25, 0.3) is 0 Å². The first kappa shape index (κ1) is 17.3. The minimum atomic E-state index is -0.631. The standard InChI is InChI=1S/C18H28O4/c19-14-16(20)4-3-13-22-18-10-7-15(8-11-18)6-9-17-5-1-2-12-21-17/h7-8,10-11,16-17,19-20H,1-6,9,12-14H2. The van der Waals surface area contributed by atoms with Crippen LogP contribution in [-0.2, 0) is 11.2 Å². The topological polar surface area (TPSA) is 58.9 Å². The summed E-state index contributed by atoms with van der Waals surface area (Å²) in [7, 11) is 0. The minimum Gasteiger partial charge on any atom is -0.494 e. The summed E-state index contributed by atoms with van der Waals surface area (Å²) >= 11 is 0. The Bertz CT molecular complexity index is 398. The van der Waals surface area contributed by atoms with Gasteiger partial charge in [-0.1, -0.05) is 12.1 Å². The van der Waals surface area contributed by atoms with Crippen LogP contribution in [0, 0.1) is 0 Å². The summed E-state index contributed by atoms with van der Waals surface area (Å²) in [4.78, 5) is 0. The van der Waals surface area contributed by atoms with Crippen molar-refractivity contribution in [3.63, 3.8) is 0 Å². The number of aliphatic hydroxyl groups is 2. The molecule has 0 saturated carbocycles. The van der Waals surface area contributed by atoms with E-state index in [0.29, 0.717) is 19.1 Å². The first-order valence-electron chi connectivity index (χ1n) is 8.40. The molecule has 2 unspecified atom stereocenters. The zero-order valence-corrected chi connectivity index (χ0v) is 13.2. The third-order valence-corrected chi connectivity index (χ3v) is 4.11.